The fourth-order valence-corrected chi connectivity index (χ4v) is 6.15. The van der Waals surface area contributed by atoms with Crippen LogP contribution >= 0.6 is 0 Å². The third-order valence-electron chi connectivity index (χ3n) is 6.81. The van der Waals surface area contributed by atoms with Gasteiger partial charge in [-0.3, -0.25) is 4.79 Å². The average Bonchev–Trinajstić information content (AvgIpc) is 3.39. The molecule has 1 aromatic heterocycles. The Morgan fingerprint density at radius 1 is 0.789 bits per heavy atom. The third kappa shape index (κ3) is 4.35. The first kappa shape index (κ1) is 24.3. The molecule has 2 aliphatic rings. The van der Waals surface area contributed by atoms with Crippen LogP contribution in [-0.2, 0) is 23.1 Å². The number of pyridine rings is 1. The van der Waals surface area contributed by atoms with E-state index in [1.165, 1.54) is 16.4 Å². The summed E-state index contributed by atoms with van der Waals surface area (Å²) in [7, 11) is -4.06. The van der Waals surface area contributed by atoms with E-state index < -0.39 is 10.0 Å². The number of sulfonamides is 1. The minimum absolute atomic E-state index is 0.0116. The van der Waals surface area contributed by atoms with Crippen LogP contribution < -0.4 is 24.5 Å². The minimum Gasteiger partial charge on any atom is -0.486 e. The van der Waals surface area contributed by atoms with Crippen molar-refractivity contribution >= 4 is 20.9 Å². The van der Waals surface area contributed by atoms with Crippen molar-refractivity contribution in [2.75, 3.05) is 20.0 Å². The number of aryl methyl sites for hydroxylation is 2. The molecule has 0 unspecified atom stereocenters. The number of benzene rings is 3. The van der Waals surface area contributed by atoms with Crippen LogP contribution in [0.4, 0.5) is 0 Å². The van der Waals surface area contributed by atoms with Crippen molar-refractivity contribution in [3.05, 3.63) is 87.2 Å². The lowest BCUT2D eigenvalue weighted by molar-refractivity contribution is 0.171. The van der Waals surface area contributed by atoms with Gasteiger partial charge in [-0.05, 0) is 60.9 Å². The molecular weight excluding hydrogens is 508 g/mol. The summed E-state index contributed by atoms with van der Waals surface area (Å²) in [6.45, 7) is 4.61. The summed E-state index contributed by atoms with van der Waals surface area (Å²) in [5.74, 6) is 2.02. The van der Waals surface area contributed by atoms with Gasteiger partial charge in [0, 0.05) is 30.1 Å². The van der Waals surface area contributed by atoms with Crippen LogP contribution in [0, 0.1) is 13.8 Å². The van der Waals surface area contributed by atoms with Crippen LogP contribution in [0.2, 0.25) is 0 Å². The summed E-state index contributed by atoms with van der Waals surface area (Å²) in [4.78, 5) is 16.1. The molecule has 0 atom stereocenters. The summed E-state index contributed by atoms with van der Waals surface area (Å²) in [5, 5.41) is 0.874. The molecule has 0 saturated heterocycles. The molecule has 0 radical (unpaired) electrons. The van der Waals surface area contributed by atoms with E-state index in [4.69, 9.17) is 18.9 Å². The maximum atomic E-state index is 14.0. The van der Waals surface area contributed by atoms with E-state index in [2.05, 4.69) is 4.98 Å². The first-order valence-electron chi connectivity index (χ1n) is 12.2. The van der Waals surface area contributed by atoms with Crippen LogP contribution in [-0.4, -0.2) is 37.7 Å². The van der Waals surface area contributed by atoms with Gasteiger partial charge in [-0.2, -0.15) is 4.31 Å². The zero-order valence-electron chi connectivity index (χ0n) is 20.9. The van der Waals surface area contributed by atoms with Crippen LogP contribution in [0.1, 0.15) is 22.3 Å². The molecule has 1 N–H and O–H groups in total. The van der Waals surface area contributed by atoms with E-state index in [0.29, 0.717) is 47.3 Å². The van der Waals surface area contributed by atoms with E-state index in [1.807, 2.05) is 26.0 Å². The molecule has 0 amide bonds. The van der Waals surface area contributed by atoms with Gasteiger partial charge in [0.25, 0.3) is 5.56 Å². The van der Waals surface area contributed by atoms with Crippen LogP contribution in [0.5, 0.6) is 23.0 Å². The highest BCUT2D eigenvalue weighted by Gasteiger charge is 2.29. The van der Waals surface area contributed by atoms with Gasteiger partial charge in [0.1, 0.15) is 13.2 Å². The Kier molecular flexibility index (Phi) is 6.00. The Hall–Kier alpha value is -4.02. The molecule has 3 heterocycles. The fourth-order valence-electron chi connectivity index (χ4n) is 4.73. The Bertz CT molecular complexity index is 1730. The third-order valence-corrected chi connectivity index (χ3v) is 8.60. The molecule has 0 aliphatic carbocycles. The fraction of sp³-hybridized carbons (Fsp3) is 0.250. The van der Waals surface area contributed by atoms with E-state index in [0.717, 1.165) is 22.0 Å². The van der Waals surface area contributed by atoms with Gasteiger partial charge in [0.2, 0.25) is 16.8 Å². The predicted octanol–water partition coefficient (Wildman–Crippen LogP) is 4.04. The summed E-state index contributed by atoms with van der Waals surface area (Å²) in [5.41, 5.74) is 3.37. The second kappa shape index (κ2) is 9.38. The van der Waals surface area contributed by atoms with Crippen molar-refractivity contribution in [2.24, 2.45) is 0 Å². The number of H-pyrrole nitrogens is 1. The van der Waals surface area contributed by atoms with Crippen LogP contribution in [0.3, 0.4) is 0 Å². The number of nitrogens with one attached hydrogen (secondary N) is 1. The quantitative estimate of drug-likeness (QED) is 0.398. The second-order valence-electron chi connectivity index (χ2n) is 9.38. The van der Waals surface area contributed by atoms with Gasteiger partial charge in [-0.25, -0.2) is 8.42 Å². The molecule has 9 nitrogen and oxygen atoms in total. The van der Waals surface area contributed by atoms with Crippen LogP contribution in [0.25, 0.3) is 10.9 Å². The molecule has 38 heavy (non-hydrogen) atoms. The Morgan fingerprint density at radius 2 is 1.47 bits per heavy atom. The smallest absolute Gasteiger partial charge is 0.252 e. The summed E-state index contributed by atoms with van der Waals surface area (Å²) in [6.07, 6.45) is 0. The number of rotatable bonds is 6. The van der Waals surface area contributed by atoms with Gasteiger partial charge < -0.3 is 23.9 Å². The van der Waals surface area contributed by atoms with E-state index in [-0.39, 0.29) is 30.3 Å². The zero-order valence-corrected chi connectivity index (χ0v) is 21.8. The normalized spacial score (nSPS) is 14.3. The van der Waals surface area contributed by atoms with Gasteiger partial charge in [-0.1, -0.05) is 18.2 Å². The molecule has 4 aromatic rings. The lowest BCUT2D eigenvalue weighted by Gasteiger charge is -2.24. The molecule has 196 valence electrons. The zero-order chi connectivity index (χ0) is 26.4. The molecule has 0 bridgehead atoms. The molecule has 10 heteroatoms. The monoisotopic (exact) mass is 534 g/mol. The Labute approximate surface area is 219 Å². The Morgan fingerprint density at radius 3 is 2.32 bits per heavy atom. The minimum atomic E-state index is -4.06. The number of ether oxygens (including phenoxy) is 4. The SMILES string of the molecule is Cc1ccc(C)c2[nH]c(=O)c(CN(Cc3ccc4c(c3)OCO4)S(=O)(=O)c3ccc4c(c3)OCCO4)cc12. The van der Waals surface area contributed by atoms with E-state index >= 15 is 0 Å². The molecule has 0 spiro atoms. The second-order valence-corrected chi connectivity index (χ2v) is 11.3. The molecule has 3 aromatic carbocycles. The number of aromatic nitrogens is 1. The van der Waals surface area contributed by atoms with Crippen molar-refractivity contribution in [3.63, 3.8) is 0 Å². The maximum Gasteiger partial charge on any atom is 0.252 e. The lowest BCUT2D eigenvalue weighted by atomic mass is 10.0. The van der Waals surface area contributed by atoms with E-state index in [9.17, 15) is 13.2 Å². The highest BCUT2D eigenvalue weighted by atomic mass is 32.2. The largest absolute Gasteiger partial charge is 0.486 e. The lowest BCUT2D eigenvalue weighted by Crippen LogP contribution is -2.32. The number of nitrogens with zero attached hydrogens (tertiary/aromatic N) is 1. The number of aromatic amines is 1. The highest BCUT2D eigenvalue weighted by Crippen LogP contribution is 2.36. The van der Waals surface area contributed by atoms with Gasteiger partial charge in [0.15, 0.2) is 23.0 Å². The maximum absolute atomic E-state index is 14.0. The van der Waals surface area contributed by atoms with Crippen molar-refractivity contribution in [1.29, 1.82) is 0 Å². The van der Waals surface area contributed by atoms with Gasteiger partial charge in [0.05, 0.1) is 10.4 Å². The molecular formula is C28H26N2O7S. The average molecular weight is 535 g/mol. The topological polar surface area (TPSA) is 107 Å². The first-order valence-corrected chi connectivity index (χ1v) is 13.6. The standard InChI is InChI=1S/C28H26N2O7S/c1-17-3-4-18(2)27-22(17)12-20(28(31)29-27)15-30(14-19-5-7-24-25(11-19)37-16-36-24)38(32,33)21-6-8-23-26(13-21)35-10-9-34-23/h3-8,11-13H,9-10,14-16H2,1-2H3,(H,29,31). The van der Waals surface area contributed by atoms with Gasteiger partial charge >= 0.3 is 0 Å². The predicted molar refractivity (Wildman–Crippen MR) is 140 cm³/mol. The van der Waals surface area contributed by atoms with Crippen molar-refractivity contribution in [2.45, 2.75) is 31.8 Å². The summed E-state index contributed by atoms with van der Waals surface area (Å²) in [6, 6.07) is 15.6. The van der Waals surface area contributed by atoms with Crippen molar-refractivity contribution < 1.29 is 27.4 Å². The molecule has 2 aliphatic heterocycles. The van der Waals surface area contributed by atoms with Crippen molar-refractivity contribution in [1.82, 2.24) is 9.29 Å². The van der Waals surface area contributed by atoms with Gasteiger partial charge in [-0.15, -0.1) is 0 Å². The summed E-state index contributed by atoms with van der Waals surface area (Å²) >= 11 is 0. The van der Waals surface area contributed by atoms with Crippen molar-refractivity contribution in [3.8, 4) is 23.0 Å². The van der Waals surface area contributed by atoms with Crippen LogP contribution in [0.15, 0.2) is 64.3 Å². The molecule has 6 rings (SSSR count). The summed E-state index contributed by atoms with van der Waals surface area (Å²) < 4.78 is 51.4. The number of hydrogen-bond donors (Lipinski definition) is 1. The highest BCUT2D eigenvalue weighted by molar-refractivity contribution is 7.89. The van der Waals surface area contributed by atoms with E-state index in [1.54, 1.807) is 30.3 Å². The Balaban J connectivity index is 1.43. The number of fused-ring (bicyclic) bond motifs is 3. The first-order chi connectivity index (χ1) is 18.3. The molecule has 0 saturated carbocycles. The molecule has 0 fully saturated rings. The number of hydrogen-bond acceptors (Lipinski definition) is 7.